The van der Waals surface area contributed by atoms with E-state index in [2.05, 4.69) is 9.47 Å². The summed E-state index contributed by atoms with van der Waals surface area (Å²) in [4.78, 5) is 0. The van der Waals surface area contributed by atoms with E-state index in [1.54, 1.807) is 0 Å². The van der Waals surface area contributed by atoms with Crippen LogP contribution in [-0.2, 0) is 15.1 Å². The van der Waals surface area contributed by atoms with Gasteiger partial charge in [0.25, 0.3) is 0 Å². The highest BCUT2D eigenvalue weighted by atomic mass is 35.5. The molecule has 1 saturated heterocycles. The fourth-order valence-electron chi connectivity index (χ4n) is 1.64. The smallest absolute Gasteiger partial charge is 0.387 e. The maximum Gasteiger partial charge on any atom is 0.387 e. The summed E-state index contributed by atoms with van der Waals surface area (Å²) in [6.45, 7) is -6.06. The molecule has 1 aromatic rings. The van der Waals surface area contributed by atoms with Gasteiger partial charge in [0.1, 0.15) is 11.4 Å². The molecule has 0 spiro atoms. The van der Waals surface area contributed by atoms with Gasteiger partial charge in [0.2, 0.25) is 0 Å². The third kappa shape index (κ3) is 3.49. The van der Waals surface area contributed by atoms with Gasteiger partial charge in [-0.05, 0) is 12.1 Å². The van der Waals surface area contributed by atoms with Gasteiger partial charge in [-0.1, -0.05) is 17.7 Å². The second kappa shape index (κ2) is 5.52. The Morgan fingerprint density at radius 1 is 1.26 bits per heavy atom. The van der Waals surface area contributed by atoms with Crippen LogP contribution in [0.5, 0.6) is 5.75 Å². The van der Waals surface area contributed by atoms with Crippen molar-refractivity contribution >= 4 is 11.6 Å². The van der Waals surface area contributed by atoms with Crippen LogP contribution < -0.4 is 4.74 Å². The first-order valence-corrected chi connectivity index (χ1v) is 5.59. The first kappa shape index (κ1) is 14.4. The lowest BCUT2D eigenvalue weighted by Crippen LogP contribution is -2.19. The highest BCUT2D eigenvalue weighted by molar-refractivity contribution is 6.31. The maximum atomic E-state index is 12.0. The van der Waals surface area contributed by atoms with Gasteiger partial charge in [-0.15, -0.1) is 0 Å². The predicted octanol–water partition coefficient (Wildman–Crippen LogP) is 3.41. The van der Waals surface area contributed by atoms with E-state index in [-0.39, 0.29) is 24.0 Å². The highest BCUT2D eigenvalue weighted by Gasteiger charge is 2.48. The molecule has 0 bridgehead atoms. The Bertz CT molecular complexity index is 452. The topological polar surface area (TPSA) is 31.0 Å². The van der Waals surface area contributed by atoms with Gasteiger partial charge in [0.15, 0.2) is 0 Å². The first-order chi connectivity index (χ1) is 8.93. The number of halogens is 5. The molecule has 1 aromatic carbocycles. The molecular formula is C11H9ClF4O3. The van der Waals surface area contributed by atoms with Crippen molar-refractivity contribution in [3.8, 4) is 5.75 Å². The van der Waals surface area contributed by atoms with Crippen molar-refractivity contribution in [3.63, 3.8) is 0 Å². The summed E-state index contributed by atoms with van der Waals surface area (Å²) >= 11 is 5.90. The normalized spacial score (nSPS) is 22.1. The minimum atomic E-state index is -2.96. The van der Waals surface area contributed by atoms with Gasteiger partial charge >= 0.3 is 13.2 Å². The lowest BCUT2D eigenvalue weighted by molar-refractivity contribution is -0.141. The zero-order valence-electron chi connectivity index (χ0n) is 9.42. The van der Waals surface area contributed by atoms with Gasteiger partial charge in [-0.25, -0.2) is 0 Å². The van der Waals surface area contributed by atoms with Crippen molar-refractivity contribution in [2.45, 2.75) is 18.8 Å². The Morgan fingerprint density at radius 3 is 2.42 bits per heavy atom. The van der Waals surface area contributed by atoms with Crippen LogP contribution in [0.4, 0.5) is 17.6 Å². The number of ether oxygens (including phenoxy) is 3. The molecule has 106 valence electrons. The SMILES string of the molecule is FC(F)OCC1(c2ccc(OC(F)F)cc2Cl)CO1. The van der Waals surface area contributed by atoms with Crippen molar-refractivity contribution in [3.05, 3.63) is 28.8 Å². The molecule has 1 aliphatic rings. The van der Waals surface area contributed by atoms with Gasteiger partial charge in [0.05, 0.1) is 18.2 Å². The highest BCUT2D eigenvalue weighted by Crippen LogP contribution is 2.43. The first-order valence-electron chi connectivity index (χ1n) is 5.21. The molecular weight excluding hydrogens is 292 g/mol. The van der Waals surface area contributed by atoms with Crippen LogP contribution in [0.15, 0.2) is 18.2 Å². The molecule has 1 heterocycles. The number of epoxide rings is 1. The van der Waals surface area contributed by atoms with E-state index in [1.165, 1.54) is 18.2 Å². The molecule has 0 N–H and O–H groups in total. The maximum absolute atomic E-state index is 12.0. The van der Waals surface area contributed by atoms with Crippen LogP contribution in [0.2, 0.25) is 5.02 Å². The molecule has 1 fully saturated rings. The molecule has 0 radical (unpaired) electrons. The zero-order valence-corrected chi connectivity index (χ0v) is 10.2. The van der Waals surface area contributed by atoms with Crippen LogP contribution in [0.25, 0.3) is 0 Å². The Balaban J connectivity index is 2.12. The lowest BCUT2D eigenvalue weighted by Gasteiger charge is -2.15. The molecule has 1 aliphatic heterocycles. The molecule has 0 aromatic heterocycles. The van der Waals surface area contributed by atoms with Crippen molar-refractivity contribution < 1.29 is 31.8 Å². The molecule has 3 nitrogen and oxygen atoms in total. The molecule has 0 amide bonds. The Kier molecular flexibility index (Phi) is 4.17. The summed E-state index contributed by atoms with van der Waals surface area (Å²) < 4.78 is 61.5. The Hall–Kier alpha value is -1.05. The Morgan fingerprint density at radius 2 is 1.95 bits per heavy atom. The second-order valence-electron chi connectivity index (χ2n) is 3.87. The van der Waals surface area contributed by atoms with Gasteiger partial charge in [-0.3, -0.25) is 0 Å². The average Bonchev–Trinajstić information content (AvgIpc) is 3.06. The van der Waals surface area contributed by atoms with E-state index >= 15 is 0 Å². The van der Waals surface area contributed by atoms with Crippen molar-refractivity contribution in [1.82, 2.24) is 0 Å². The van der Waals surface area contributed by atoms with Crippen LogP contribution in [0.1, 0.15) is 5.56 Å². The molecule has 1 unspecified atom stereocenters. The number of hydrogen-bond donors (Lipinski definition) is 0. The molecule has 2 rings (SSSR count). The minimum Gasteiger partial charge on any atom is -0.435 e. The van der Waals surface area contributed by atoms with Gasteiger partial charge in [-0.2, -0.15) is 17.6 Å². The van der Waals surface area contributed by atoms with E-state index in [0.717, 1.165) is 0 Å². The quantitative estimate of drug-likeness (QED) is 0.596. The summed E-state index contributed by atoms with van der Waals surface area (Å²) in [5.41, 5.74) is -0.631. The van der Waals surface area contributed by atoms with E-state index in [1.807, 2.05) is 0 Å². The summed E-state index contributed by atoms with van der Waals surface area (Å²) in [5.74, 6) is -0.116. The van der Waals surface area contributed by atoms with E-state index in [0.29, 0.717) is 5.56 Å². The minimum absolute atomic E-state index is 0.0912. The van der Waals surface area contributed by atoms with Gasteiger partial charge < -0.3 is 14.2 Å². The summed E-state index contributed by atoms with van der Waals surface area (Å²) in [6.07, 6.45) is 0. The largest absolute Gasteiger partial charge is 0.435 e. The van der Waals surface area contributed by atoms with Crippen molar-refractivity contribution in [1.29, 1.82) is 0 Å². The number of rotatable bonds is 6. The van der Waals surface area contributed by atoms with Crippen LogP contribution >= 0.6 is 11.6 Å². The summed E-state index contributed by atoms with van der Waals surface area (Å²) in [6, 6.07) is 3.83. The fourth-order valence-corrected chi connectivity index (χ4v) is 1.99. The van der Waals surface area contributed by atoms with Crippen molar-refractivity contribution in [2.24, 2.45) is 0 Å². The Labute approximate surface area is 111 Å². The van der Waals surface area contributed by atoms with Gasteiger partial charge in [0, 0.05) is 5.56 Å². The molecule has 1 atom stereocenters. The molecule has 8 heteroatoms. The van der Waals surface area contributed by atoms with Crippen LogP contribution in [0, 0.1) is 0 Å². The third-order valence-corrected chi connectivity index (χ3v) is 2.90. The van der Waals surface area contributed by atoms with Crippen LogP contribution in [-0.4, -0.2) is 26.4 Å². The molecule has 19 heavy (non-hydrogen) atoms. The number of alkyl halides is 4. The lowest BCUT2D eigenvalue weighted by atomic mass is 10.0. The monoisotopic (exact) mass is 300 g/mol. The summed E-state index contributed by atoms with van der Waals surface area (Å²) in [5, 5.41) is 0.0912. The van der Waals surface area contributed by atoms with E-state index in [4.69, 9.17) is 16.3 Å². The summed E-state index contributed by atoms with van der Waals surface area (Å²) in [7, 11) is 0. The third-order valence-electron chi connectivity index (χ3n) is 2.59. The average molecular weight is 301 g/mol. The molecule has 0 aliphatic carbocycles. The number of hydrogen-bond acceptors (Lipinski definition) is 3. The van der Waals surface area contributed by atoms with Crippen LogP contribution in [0.3, 0.4) is 0 Å². The van der Waals surface area contributed by atoms with Crippen molar-refractivity contribution in [2.75, 3.05) is 13.2 Å². The predicted molar refractivity (Wildman–Crippen MR) is 57.7 cm³/mol. The zero-order chi connectivity index (χ0) is 14.0. The van der Waals surface area contributed by atoms with E-state index < -0.39 is 18.8 Å². The number of benzene rings is 1. The molecule has 0 saturated carbocycles. The van der Waals surface area contributed by atoms with E-state index in [9.17, 15) is 17.6 Å². The fraction of sp³-hybridized carbons (Fsp3) is 0.455. The standard InChI is InChI=1S/C11H9ClF4O3/c12-8-3-6(19-10(15)16)1-2-7(8)11(5-18-11)4-17-9(13)14/h1-3,9-10H,4-5H2. The second-order valence-corrected chi connectivity index (χ2v) is 4.28.